The van der Waals surface area contributed by atoms with Crippen molar-refractivity contribution in [3.63, 3.8) is 0 Å². The molecule has 1 fully saturated rings. The van der Waals surface area contributed by atoms with Crippen LogP contribution < -0.4 is 0 Å². The molecule has 1 aromatic rings. The normalized spacial score (nSPS) is 23.8. The van der Waals surface area contributed by atoms with E-state index in [0.29, 0.717) is 13.2 Å². The molecular formula is C17H22O5. The largest absolute Gasteiger partial charge is 0.466 e. The highest BCUT2D eigenvalue weighted by molar-refractivity contribution is 5.81. The minimum absolute atomic E-state index is 0.264. The average Bonchev–Trinajstić information content (AvgIpc) is 2.80. The lowest BCUT2D eigenvalue weighted by Crippen LogP contribution is -2.26. The van der Waals surface area contributed by atoms with E-state index >= 15 is 0 Å². The van der Waals surface area contributed by atoms with Crippen LogP contribution in [-0.2, 0) is 30.3 Å². The molecule has 120 valence electrons. The Morgan fingerprint density at radius 2 is 2.00 bits per heavy atom. The van der Waals surface area contributed by atoms with Gasteiger partial charge in [-0.25, -0.2) is 4.79 Å². The van der Waals surface area contributed by atoms with E-state index < -0.39 is 11.8 Å². The lowest BCUT2D eigenvalue weighted by atomic mass is 10.2. The molecule has 2 rings (SSSR count). The summed E-state index contributed by atoms with van der Waals surface area (Å²) in [6.45, 7) is 4.56. The summed E-state index contributed by atoms with van der Waals surface area (Å²) in [6.07, 6.45) is 2.39. The van der Waals surface area contributed by atoms with Crippen molar-refractivity contribution < 1.29 is 23.7 Å². The van der Waals surface area contributed by atoms with E-state index in [1.807, 2.05) is 44.2 Å². The maximum atomic E-state index is 11.2. The van der Waals surface area contributed by atoms with Crippen LogP contribution in [0.3, 0.4) is 0 Å². The van der Waals surface area contributed by atoms with Crippen molar-refractivity contribution in [3.8, 4) is 0 Å². The third-order valence-electron chi connectivity index (χ3n) is 3.24. The molecule has 5 heteroatoms. The van der Waals surface area contributed by atoms with Gasteiger partial charge in [-0.3, -0.25) is 0 Å². The maximum absolute atomic E-state index is 11.2. The predicted octanol–water partition coefficient (Wildman–Crippen LogP) is 2.45. The number of carbonyl (C=O) groups excluding carboxylic acids is 1. The number of hydrogen-bond donors (Lipinski definition) is 0. The summed E-state index contributed by atoms with van der Waals surface area (Å²) in [5.74, 6) is -1.12. The molecule has 0 bridgehead atoms. The van der Waals surface area contributed by atoms with Crippen molar-refractivity contribution in [2.75, 3.05) is 13.7 Å². The first-order valence-corrected chi connectivity index (χ1v) is 7.23. The molecule has 2 atom stereocenters. The van der Waals surface area contributed by atoms with Crippen molar-refractivity contribution in [2.45, 2.75) is 38.4 Å². The monoisotopic (exact) mass is 306 g/mol. The van der Waals surface area contributed by atoms with Crippen LogP contribution in [0.15, 0.2) is 42.5 Å². The molecule has 1 aliphatic rings. The fourth-order valence-electron chi connectivity index (χ4n) is 2.26. The van der Waals surface area contributed by atoms with E-state index in [1.165, 1.54) is 13.2 Å². The van der Waals surface area contributed by atoms with Crippen LogP contribution in [0.2, 0.25) is 0 Å². The molecule has 0 amide bonds. The third kappa shape index (κ3) is 4.94. The zero-order valence-electron chi connectivity index (χ0n) is 13.2. The predicted molar refractivity (Wildman–Crippen MR) is 81.1 cm³/mol. The Hall–Kier alpha value is -1.69. The van der Waals surface area contributed by atoms with E-state index in [1.54, 1.807) is 6.08 Å². The van der Waals surface area contributed by atoms with Crippen LogP contribution >= 0.6 is 0 Å². The number of rotatable bonds is 6. The van der Waals surface area contributed by atoms with E-state index in [4.69, 9.17) is 14.2 Å². The van der Waals surface area contributed by atoms with Gasteiger partial charge in [0, 0.05) is 6.08 Å². The Labute approximate surface area is 130 Å². The SMILES string of the molecule is COC(=O)/C=C/[C@H]1OC(C)(C)O[C@H]1COCc1ccccc1. The molecule has 0 aliphatic carbocycles. The number of ether oxygens (including phenoxy) is 4. The molecule has 1 aliphatic heterocycles. The highest BCUT2D eigenvalue weighted by Crippen LogP contribution is 2.29. The van der Waals surface area contributed by atoms with Crippen LogP contribution in [-0.4, -0.2) is 37.7 Å². The number of carbonyl (C=O) groups is 1. The van der Waals surface area contributed by atoms with Crippen LogP contribution in [0, 0.1) is 0 Å². The summed E-state index contributed by atoms with van der Waals surface area (Å²) in [6, 6.07) is 9.92. The molecular weight excluding hydrogens is 284 g/mol. The van der Waals surface area contributed by atoms with Crippen LogP contribution in [0.5, 0.6) is 0 Å². The number of benzene rings is 1. The van der Waals surface area contributed by atoms with E-state index in [0.717, 1.165) is 5.56 Å². The Bertz CT molecular complexity index is 509. The molecule has 1 heterocycles. The van der Waals surface area contributed by atoms with Crippen molar-refractivity contribution in [3.05, 3.63) is 48.0 Å². The van der Waals surface area contributed by atoms with Gasteiger partial charge in [0.1, 0.15) is 12.2 Å². The van der Waals surface area contributed by atoms with Gasteiger partial charge >= 0.3 is 5.97 Å². The number of methoxy groups -OCH3 is 1. The zero-order chi connectivity index (χ0) is 16.0. The molecule has 0 aromatic heterocycles. The second kappa shape index (κ2) is 7.54. The topological polar surface area (TPSA) is 54.0 Å². The molecule has 22 heavy (non-hydrogen) atoms. The fraction of sp³-hybridized carbons (Fsp3) is 0.471. The Morgan fingerprint density at radius 3 is 2.68 bits per heavy atom. The van der Waals surface area contributed by atoms with Crippen molar-refractivity contribution in [1.29, 1.82) is 0 Å². The van der Waals surface area contributed by atoms with Crippen molar-refractivity contribution in [2.24, 2.45) is 0 Å². The van der Waals surface area contributed by atoms with Gasteiger partial charge in [-0.2, -0.15) is 0 Å². The smallest absolute Gasteiger partial charge is 0.330 e. The Morgan fingerprint density at radius 1 is 1.27 bits per heavy atom. The highest BCUT2D eigenvalue weighted by Gasteiger charge is 2.40. The standard InChI is InChI=1S/C17H22O5/c1-17(2)21-14(9-10-16(18)19-3)15(22-17)12-20-11-13-7-5-4-6-8-13/h4-10,14-15H,11-12H2,1-3H3/b10-9+/t14-,15+/m1/s1. The maximum Gasteiger partial charge on any atom is 0.330 e. The van der Waals surface area contributed by atoms with Gasteiger partial charge in [0.2, 0.25) is 0 Å². The molecule has 0 unspecified atom stereocenters. The van der Waals surface area contributed by atoms with Gasteiger partial charge in [-0.1, -0.05) is 30.3 Å². The van der Waals surface area contributed by atoms with Gasteiger partial charge in [0.05, 0.1) is 20.3 Å². The molecule has 0 saturated carbocycles. The first-order chi connectivity index (χ1) is 10.5. The second-order valence-corrected chi connectivity index (χ2v) is 5.52. The summed E-state index contributed by atoms with van der Waals surface area (Å²) in [4.78, 5) is 11.2. The zero-order valence-corrected chi connectivity index (χ0v) is 13.2. The molecule has 0 radical (unpaired) electrons. The summed E-state index contributed by atoms with van der Waals surface area (Å²) in [5.41, 5.74) is 1.10. The molecule has 1 aromatic carbocycles. The minimum Gasteiger partial charge on any atom is -0.466 e. The Balaban J connectivity index is 1.89. The minimum atomic E-state index is -0.702. The second-order valence-electron chi connectivity index (χ2n) is 5.52. The lowest BCUT2D eigenvalue weighted by Gasteiger charge is -2.16. The van der Waals surface area contributed by atoms with E-state index in [-0.39, 0.29) is 12.2 Å². The Kier molecular flexibility index (Phi) is 5.71. The number of esters is 1. The molecule has 1 saturated heterocycles. The summed E-state index contributed by atoms with van der Waals surface area (Å²) in [7, 11) is 1.34. The number of hydrogen-bond acceptors (Lipinski definition) is 5. The summed E-state index contributed by atoms with van der Waals surface area (Å²) >= 11 is 0. The van der Waals surface area contributed by atoms with Gasteiger partial charge in [-0.05, 0) is 25.5 Å². The third-order valence-corrected chi connectivity index (χ3v) is 3.24. The van der Waals surface area contributed by atoms with Gasteiger partial charge < -0.3 is 18.9 Å². The summed E-state index contributed by atoms with van der Waals surface area (Å²) in [5, 5.41) is 0. The van der Waals surface area contributed by atoms with Crippen LogP contribution in [0.1, 0.15) is 19.4 Å². The van der Waals surface area contributed by atoms with Crippen LogP contribution in [0.25, 0.3) is 0 Å². The van der Waals surface area contributed by atoms with Gasteiger partial charge in [-0.15, -0.1) is 0 Å². The highest BCUT2D eigenvalue weighted by atomic mass is 16.8. The quantitative estimate of drug-likeness (QED) is 0.597. The van der Waals surface area contributed by atoms with Gasteiger partial charge in [0.25, 0.3) is 0 Å². The fourth-order valence-corrected chi connectivity index (χ4v) is 2.26. The summed E-state index contributed by atoms with van der Waals surface area (Å²) < 4.78 is 21.9. The van der Waals surface area contributed by atoms with E-state index in [2.05, 4.69) is 4.74 Å². The van der Waals surface area contributed by atoms with Gasteiger partial charge in [0.15, 0.2) is 5.79 Å². The van der Waals surface area contributed by atoms with Crippen LogP contribution in [0.4, 0.5) is 0 Å². The van der Waals surface area contributed by atoms with E-state index in [9.17, 15) is 4.79 Å². The molecule has 0 spiro atoms. The lowest BCUT2D eigenvalue weighted by molar-refractivity contribution is -0.149. The average molecular weight is 306 g/mol. The van der Waals surface area contributed by atoms with Crippen molar-refractivity contribution >= 4 is 5.97 Å². The first kappa shape index (κ1) is 16.7. The van der Waals surface area contributed by atoms with Crippen molar-refractivity contribution in [1.82, 2.24) is 0 Å². The molecule has 0 N–H and O–H groups in total. The molecule has 5 nitrogen and oxygen atoms in total. The first-order valence-electron chi connectivity index (χ1n) is 7.23.